The first-order valence-corrected chi connectivity index (χ1v) is 8.12. The van der Waals surface area contributed by atoms with Gasteiger partial charge in [-0.1, -0.05) is 12.1 Å². The second-order valence-corrected chi connectivity index (χ2v) is 6.23. The smallest absolute Gasteiger partial charge is 0.219 e. The second kappa shape index (κ2) is 8.26. The van der Waals surface area contributed by atoms with Crippen molar-refractivity contribution in [3.63, 3.8) is 0 Å². The molecule has 0 unspecified atom stereocenters. The van der Waals surface area contributed by atoms with Gasteiger partial charge in [0, 0.05) is 37.5 Å². The van der Waals surface area contributed by atoms with Crippen LogP contribution in [0.15, 0.2) is 36.2 Å². The van der Waals surface area contributed by atoms with E-state index >= 15 is 0 Å². The number of hydrogen-bond acceptors (Lipinski definition) is 4. The molecule has 1 saturated heterocycles. The first-order chi connectivity index (χ1) is 11.5. The predicted molar refractivity (Wildman–Crippen MR) is 90.4 cm³/mol. The van der Waals surface area contributed by atoms with Gasteiger partial charge in [0.1, 0.15) is 12.4 Å². The lowest BCUT2D eigenvalue weighted by Crippen LogP contribution is -2.46. The normalized spacial score (nSPS) is 17.7. The standard InChI is InChI=1S/C18H25FN2O3/c1-14(23)21-8-6-18(13-22,7-9-21)16-2-4-17(5-3-16)24-12-15(10-19)11-20/h2-5,10,22H,6-9,11-13,20H2,1H3/b15-10+. The summed E-state index contributed by atoms with van der Waals surface area (Å²) < 4.78 is 18.0. The summed E-state index contributed by atoms with van der Waals surface area (Å²) in [4.78, 5) is 13.3. The Kier molecular flexibility index (Phi) is 6.34. The minimum atomic E-state index is -0.328. The number of carbonyl (C=O) groups excluding carboxylic acids is 1. The van der Waals surface area contributed by atoms with E-state index in [4.69, 9.17) is 10.5 Å². The lowest BCUT2D eigenvalue weighted by atomic mass is 9.73. The van der Waals surface area contributed by atoms with Gasteiger partial charge in [-0.15, -0.1) is 0 Å². The summed E-state index contributed by atoms with van der Waals surface area (Å²) in [6.45, 7) is 3.14. The zero-order valence-corrected chi connectivity index (χ0v) is 14.0. The highest BCUT2D eigenvalue weighted by atomic mass is 19.1. The Balaban J connectivity index is 2.04. The summed E-state index contributed by atoms with van der Waals surface area (Å²) in [5.41, 5.74) is 6.48. The number of likely N-dealkylation sites (tertiary alicyclic amines) is 1. The lowest BCUT2D eigenvalue weighted by Gasteiger charge is -2.41. The maximum atomic E-state index is 12.5. The number of piperidine rings is 1. The van der Waals surface area contributed by atoms with Gasteiger partial charge in [0.25, 0.3) is 0 Å². The van der Waals surface area contributed by atoms with E-state index in [1.807, 2.05) is 29.2 Å². The van der Waals surface area contributed by atoms with E-state index in [-0.39, 0.29) is 31.1 Å². The molecule has 0 aliphatic carbocycles. The Hall–Kier alpha value is -1.92. The van der Waals surface area contributed by atoms with E-state index in [9.17, 15) is 14.3 Å². The Labute approximate surface area is 141 Å². The zero-order chi connectivity index (χ0) is 17.6. The van der Waals surface area contributed by atoms with Crippen LogP contribution in [0.1, 0.15) is 25.3 Å². The first-order valence-electron chi connectivity index (χ1n) is 8.12. The van der Waals surface area contributed by atoms with Crippen molar-refractivity contribution in [1.29, 1.82) is 0 Å². The van der Waals surface area contributed by atoms with E-state index in [0.29, 0.717) is 30.7 Å². The molecule has 1 aliphatic rings. The van der Waals surface area contributed by atoms with Crippen molar-refractivity contribution < 1.29 is 19.0 Å². The van der Waals surface area contributed by atoms with Crippen LogP contribution in [0.25, 0.3) is 0 Å². The molecule has 0 saturated carbocycles. The van der Waals surface area contributed by atoms with Crippen LogP contribution in [0.3, 0.4) is 0 Å². The van der Waals surface area contributed by atoms with Crippen molar-refractivity contribution >= 4 is 5.91 Å². The van der Waals surface area contributed by atoms with Gasteiger partial charge in [-0.05, 0) is 30.5 Å². The van der Waals surface area contributed by atoms with Gasteiger partial charge in [0.15, 0.2) is 0 Å². The molecule has 0 atom stereocenters. The van der Waals surface area contributed by atoms with Crippen molar-refractivity contribution in [2.24, 2.45) is 5.73 Å². The van der Waals surface area contributed by atoms with E-state index < -0.39 is 0 Å². The van der Waals surface area contributed by atoms with Crippen molar-refractivity contribution in [2.45, 2.75) is 25.2 Å². The van der Waals surface area contributed by atoms with Crippen molar-refractivity contribution in [3.05, 3.63) is 41.7 Å². The maximum absolute atomic E-state index is 12.5. The fraction of sp³-hybridized carbons (Fsp3) is 0.500. The molecule has 6 heteroatoms. The van der Waals surface area contributed by atoms with Crippen LogP contribution in [0.5, 0.6) is 5.75 Å². The minimum absolute atomic E-state index is 0.0425. The van der Waals surface area contributed by atoms with Gasteiger partial charge in [-0.2, -0.15) is 0 Å². The molecular formula is C18H25FN2O3. The Bertz CT molecular complexity index is 578. The molecule has 0 radical (unpaired) electrons. The molecule has 132 valence electrons. The lowest BCUT2D eigenvalue weighted by molar-refractivity contribution is -0.130. The molecule has 1 heterocycles. The quantitative estimate of drug-likeness (QED) is 0.830. The molecule has 0 spiro atoms. The molecule has 0 aromatic heterocycles. The fourth-order valence-electron chi connectivity index (χ4n) is 3.00. The number of nitrogens with two attached hydrogens (primary N) is 1. The van der Waals surface area contributed by atoms with Crippen LogP contribution in [-0.4, -0.2) is 48.8 Å². The van der Waals surface area contributed by atoms with Gasteiger partial charge >= 0.3 is 0 Å². The van der Waals surface area contributed by atoms with Crippen LogP contribution in [-0.2, 0) is 10.2 Å². The minimum Gasteiger partial charge on any atom is -0.489 e. The van der Waals surface area contributed by atoms with Crippen LogP contribution < -0.4 is 10.5 Å². The van der Waals surface area contributed by atoms with Crippen LogP contribution in [0.4, 0.5) is 4.39 Å². The fourth-order valence-corrected chi connectivity index (χ4v) is 3.00. The number of aliphatic hydroxyl groups is 1. The van der Waals surface area contributed by atoms with E-state index in [1.165, 1.54) is 0 Å². The van der Waals surface area contributed by atoms with Gasteiger partial charge in [0.2, 0.25) is 5.91 Å². The molecule has 1 aromatic rings. The van der Waals surface area contributed by atoms with Gasteiger partial charge in [-0.3, -0.25) is 4.79 Å². The van der Waals surface area contributed by atoms with E-state index in [1.54, 1.807) is 6.92 Å². The topological polar surface area (TPSA) is 75.8 Å². The average molecular weight is 336 g/mol. The monoisotopic (exact) mass is 336 g/mol. The number of amides is 1. The number of hydrogen-bond donors (Lipinski definition) is 2. The summed E-state index contributed by atoms with van der Waals surface area (Å²) >= 11 is 0. The molecule has 2 rings (SSSR count). The van der Waals surface area contributed by atoms with Gasteiger partial charge < -0.3 is 20.5 Å². The molecule has 3 N–H and O–H groups in total. The van der Waals surface area contributed by atoms with Gasteiger partial charge in [-0.25, -0.2) is 4.39 Å². The third kappa shape index (κ3) is 4.13. The number of aliphatic hydroxyl groups excluding tert-OH is 1. The molecule has 1 aromatic carbocycles. The molecule has 1 fully saturated rings. The number of nitrogens with zero attached hydrogens (tertiary/aromatic N) is 1. The summed E-state index contributed by atoms with van der Waals surface area (Å²) in [5.74, 6) is 0.697. The number of halogens is 1. The first kappa shape index (κ1) is 18.4. The summed E-state index contributed by atoms with van der Waals surface area (Å²) in [7, 11) is 0. The molecule has 1 amide bonds. The third-order valence-corrected chi connectivity index (χ3v) is 4.78. The molecule has 24 heavy (non-hydrogen) atoms. The molecule has 1 aliphatic heterocycles. The van der Waals surface area contributed by atoms with Crippen molar-refractivity contribution in [1.82, 2.24) is 4.90 Å². The largest absolute Gasteiger partial charge is 0.489 e. The van der Waals surface area contributed by atoms with Crippen LogP contribution in [0.2, 0.25) is 0 Å². The zero-order valence-electron chi connectivity index (χ0n) is 14.0. The second-order valence-electron chi connectivity index (χ2n) is 6.23. The van der Waals surface area contributed by atoms with Crippen LogP contribution in [0, 0.1) is 0 Å². The maximum Gasteiger partial charge on any atom is 0.219 e. The predicted octanol–water partition coefficient (Wildman–Crippen LogP) is 1.75. The summed E-state index contributed by atoms with van der Waals surface area (Å²) in [6.07, 6.45) is 1.92. The Morgan fingerprint density at radius 2 is 2.00 bits per heavy atom. The number of rotatable bonds is 6. The van der Waals surface area contributed by atoms with E-state index in [0.717, 1.165) is 18.4 Å². The number of ether oxygens (including phenoxy) is 1. The average Bonchev–Trinajstić information content (AvgIpc) is 2.63. The van der Waals surface area contributed by atoms with Crippen LogP contribution >= 0.6 is 0 Å². The highest BCUT2D eigenvalue weighted by Gasteiger charge is 2.36. The summed E-state index contributed by atoms with van der Waals surface area (Å²) in [6, 6.07) is 7.49. The third-order valence-electron chi connectivity index (χ3n) is 4.78. The number of benzene rings is 1. The molecular weight excluding hydrogens is 311 g/mol. The van der Waals surface area contributed by atoms with Crippen molar-refractivity contribution in [3.8, 4) is 5.75 Å². The Morgan fingerprint density at radius 3 is 2.46 bits per heavy atom. The molecule has 5 nitrogen and oxygen atoms in total. The highest BCUT2D eigenvalue weighted by molar-refractivity contribution is 5.73. The van der Waals surface area contributed by atoms with Crippen molar-refractivity contribution in [2.75, 3.05) is 32.8 Å². The molecule has 0 bridgehead atoms. The SMILES string of the molecule is CC(=O)N1CCC(CO)(c2ccc(OC/C(=C/F)CN)cc2)CC1. The Morgan fingerprint density at radius 1 is 1.38 bits per heavy atom. The van der Waals surface area contributed by atoms with E-state index in [2.05, 4.69) is 0 Å². The van der Waals surface area contributed by atoms with Gasteiger partial charge in [0.05, 0.1) is 12.9 Å². The highest BCUT2D eigenvalue weighted by Crippen LogP contribution is 2.36. The summed E-state index contributed by atoms with van der Waals surface area (Å²) in [5, 5.41) is 9.93. The number of carbonyl (C=O) groups is 1.